The summed E-state index contributed by atoms with van der Waals surface area (Å²) in [4.78, 5) is 29.2. The average molecular weight is 639 g/mol. The van der Waals surface area contributed by atoms with Crippen LogP contribution < -0.4 is 9.62 Å². The van der Waals surface area contributed by atoms with E-state index in [1.165, 1.54) is 42.3 Å². The maximum atomic E-state index is 14.4. The van der Waals surface area contributed by atoms with Crippen molar-refractivity contribution in [2.45, 2.75) is 37.8 Å². The van der Waals surface area contributed by atoms with E-state index in [-0.39, 0.29) is 39.5 Å². The standard InChI is InChI=1S/C33H33Cl2N3O4S/c1-23-13-16-28(17-14-23)43(41,42)38(30-20-27(34)15-18-29(30)35)22-32(39)37(21-26-12-8-7-9-24(26)2)31(33(40)36-3)19-25-10-5-4-6-11-25/h4-18,20,31H,19,21-22H2,1-3H3,(H,36,40). The molecule has 43 heavy (non-hydrogen) atoms. The van der Waals surface area contributed by atoms with Gasteiger partial charge in [-0.1, -0.05) is 95.5 Å². The van der Waals surface area contributed by atoms with E-state index in [2.05, 4.69) is 5.32 Å². The van der Waals surface area contributed by atoms with Gasteiger partial charge in [0.1, 0.15) is 12.6 Å². The minimum atomic E-state index is -4.29. The number of likely N-dealkylation sites (N-methyl/N-ethyl adjacent to an activating group) is 1. The SMILES string of the molecule is CNC(=O)C(Cc1ccccc1)N(Cc1ccccc1C)C(=O)CN(c1cc(Cl)ccc1Cl)S(=O)(=O)c1ccc(C)cc1. The molecule has 0 aliphatic heterocycles. The molecule has 0 aliphatic carbocycles. The number of carbonyl (C=O) groups excluding carboxylic acids is 2. The molecular weight excluding hydrogens is 605 g/mol. The molecule has 0 heterocycles. The van der Waals surface area contributed by atoms with Gasteiger partial charge in [-0.05, 0) is 60.9 Å². The van der Waals surface area contributed by atoms with Crippen LogP contribution in [0.3, 0.4) is 0 Å². The number of hydrogen-bond acceptors (Lipinski definition) is 4. The van der Waals surface area contributed by atoms with Crippen LogP contribution in [0.4, 0.5) is 5.69 Å². The summed E-state index contributed by atoms with van der Waals surface area (Å²) in [5.41, 5.74) is 3.53. The first-order valence-corrected chi connectivity index (χ1v) is 15.8. The van der Waals surface area contributed by atoms with Gasteiger partial charge >= 0.3 is 0 Å². The molecule has 4 aromatic carbocycles. The van der Waals surface area contributed by atoms with Crippen molar-refractivity contribution in [3.8, 4) is 0 Å². The van der Waals surface area contributed by atoms with Crippen LogP contribution in [0.25, 0.3) is 0 Å². The first-order chi connectivity index (χ1) is 20.5. The number of anilines is 1. The molecule has 0 fully saturated rings. The van der Waals surface area contributed by atoms with Crippen molar-refractivity contribution < 1.29 is 18.0 Å². The van der Waals surface area contributed by atoms with E-state index in [0.717, 1.165) is 26.6 Å². The molecule has 7 nitrogen and oxygen atoms in total. The molecule has 2 amide bonds. The zero-order valence-electron chi connectivity index (χ0n) is 24.1. The molecule has 0 saturated carbocycles. The van der Waals surface area contributed by atoms with Gasteiger partial charge in [0.2, 0.25) is 11.8 Å². The van der Waals surface area contributed by atoms with E-state index >= 15 is 0 Å². The van der Waals surface area contributed by atoms with Crippen molar-refractivity contribution in [2.75, 3.05) is 17.9 Å². The first kappa shape index (κ1) is 32.1. The highest BCUT2D eigenvalue weighted by Crippen LogP contribution is 2.33. The van der Waals surface area contributed by atoms with Crippen LogP contribution in [0.2, 0.25) is 10.0 Å². The fourth-order valence-electron chi connectivity index (χ4n) is 4.72. The zero-order valence-corrected chi connectivity index (χ0v) is 26.5. The largest absolute Gasteiger partial charge is 0.357 e. The quantitative estimate of drug-likeness (QED) is 0.212. The highest BCUT2D eigenvalue weighted by molar-refractivity contribution is 7.92. The van der Waals surface area contributed by atoms with Crippen molar-refractivity contribution in [2.24, 2.45) is 0 Å². The number of sulfonamides is 1. The van der Waals surface area contributed by atoms with E-state index in [1.54, 1.807) is 12.1 Å². The Morgan fingerprint density at radius 2 is 1.51 bits per heavy atom. The van der Waals surface area contributed by atoms with Crippen molar-refractivity contribution in [3.63, 3.8) is 0 Å². The zero-order chi connectivity index (χ0) is 31.1. The second-order valence-electron chi connectivity index (χ2n) is 10.2. The van der Waals surface area contributed by atoms with E-state index in [0.29, 0.717) is 0 Å². The van der Waals surface area contributed by atoms with Crippen molar-refractivity contribution in [1.29, 1.82) is 0 Å². The summed E-state index contributed by atoms with van der Waals surface area (Å²) < 4.78 is 29.2. The van der Waals surface area contributed by atoms with Crippen LogP contribution in [0.1, 0.15) is 22.3 Å². The minimum Gasteiger partial charge on any atom is -0.357 e. The Labute approximate surface area is 263 Å². The lowest BCUT2D eigenvalue weighted by atomic mass is 10.0. The molecule has 1 atom stereocenters. The summed E-state index contributed by atoms with van der Waals surface area (Å²) >= 11 is 12.8. The summed E-state index contributed by atoms with van der Waals surface area (Å²) in [5, 5.41) is 3.03. The van der Waals surface area contributed by atoms with Gasteiger partial charge in [-0.3, -0.25) is 13.9 Å². The van der Waals surface area contributed by atoms with E-state index in [4.69, 9.17) is 23.2 Å². The maximum absolute atomic E-state index is 14.4. The Kier molecular flexibility index (Phi) is 10.5. The third kappa shape index (κ3) is 7.76. The van der Waals surface area contributed by atoms with Crippen LogP contribution >= 0.6 is 23.2 Å². The fraction of sp³-hybridized carbons (Fsp3) is 0.212. The average Bonchev–Trinajstić information content (AvgIpc) is 3.00. The van der Waals surface area contributed by atoms with Crippen molar-refractivity contribution >= 4 is 50.7 Å². The lowest BCUT2D eigenvalue weighted by Crippen LogP contribution is -2.53. The smallest absolute Gasteiger partial charge is 0.264 e. The molecule has 0 aliphatic rings. The molecule has 0 radical (unpaired) electrons. The third-order valence-electron chi connectivity index (χ3n) is 7.18. The summed E-state index contributed by atoms with van der Waals surface area (Å²) in [5.74, 6) is -0.959. The van der Waals surface area contributed by atoms with Gasteiger partial charge in [-0.15, -0.1) is 0 Å². The van der Waals surface area contributed by atoms with Gasteiger partial charge in [-0.25, -0.2) is 8.42 Å². The van der Waals surface area contributed by atoms with E-state index < -0.39 is 28.5 Å². The Bertz CT molecular complexity index is 1700. The molecule has 0 saturated heterocycles. The highest BCUT2D eigenvalue weighted by Gasteiger charge is 2.35. The van der Waals surface area contributed by atoms with Crippen LogP contribution in [-0.4, -0.2) is 44.8 Å². The number of hydrogen-bond donors (Lipinski definition) is 1. The second kappa shape index (κ2) is 14.1. The number of amides is 2. The summed E-state index contributed by atoms with van der Waals surface area (Å²) in [6, 6.07) is 26.7. The van der Waals surface area contributed by atoms with Gasteiger partial charge in [0.15, 0.2) is 0 Å². The normalized spacial score (nSPS) is 11.9. The van der Waals surface area contributed by atoms with Gasteiger partial charge < -0.3 is 10.2 Å². The Hall–Kier alpha value is -3.85. The number of aryl methyl sites for hydroxylation is 2. The number of rotatable bonds is 11. The van der Waals surface area contributed by atoms with Crippen LogP contribution in [-0.2, 0) is 32.6 Å². The van der Waals surface area contributed by atoms with Gasteiger partial charge in [-0.2, -0.15) is 0 Å². The lowest BCUT2D eigenvalue weighted by Gasteiger charge is -2.34. The van der Waals surface area contributed by atoms with Crippen molar-refractivity contribution in [3.05, 3.63) is 129 Å². The first-order valence-electron chi connectivity index (χ1n) is 13.6. The Balaban J connectivity index is 1.83. The molecule has 224 valence electrons. The molecule has 4 rings (SSSR count). The monoisotopic (exact) mass is 637 g/mol. The van der Waals surface area contributed by atoms with Crippen LogP contribution in [0, 0.1) is 13.8 Å². The molecule has 0 spiro atoms. The van der Waals surface area contributed by atoms with Gasteiger partial charge in [0, 0.05) is 25.0 Å². The number of nitrogens with one attached hydrogen (secondary N) is 1. The Morgan fingerprint density at radius 1 is 0.860 bits per heavy atom. The molecule has 1 N–H and O–H groups in total. The topological polar surface area (TPSA) is 86.8 Å². The highest BCUT2D eigenvalue weighted by atomic mass is 35.5. The molecular formula is C33H33Cl2N3O4S. The predicted molar refractivity (Wildman–Crippen MR) is 172 cm³/mol. The number of benzene rings is 4. The molecule has 1 unspecified atom stereocenters. The number of nitrogens with zero attached hydrogens (tertiary/aromatic N) is 2. The predicted octanol–water partition coefficient (Wildman–Crippen LogP) is 6.19. The maximum Gasteiger partial charge on any atom is 0.264 e. The Morgan fingerprint density at radius 3 is 2.16 bits per heavy atom. The minimum absolute atomic E-state index is 0.0143. The fourth-order valence-corrected chi connectivity index (χ4v) is 6.58. The second-order valence-corrected chi connectivity index (χ2v) is 12.9. The molecule has 0 aromatic heterocycles. The van der Waals surface area contributed by atoms with Crippen LogP contribution in [0.15, 0.2) is 102 Å². The number of carbonyl (C=O) groups is 2. The van der Waals surface area contributed by atoms with Gasteiger partial charge in [0.05, 0.1) is 15.6 Å². The summed E-state index contributed by atoms with van der Waals surface area (Å²) in [7, 11) is -2.78. The van der Waals surface area contributed by atoms with Crippen molar-refractivity contribution in [1.82, 2.24) is 10.2 Å². The third-order valence-corrected chi connectivity index (χ3v) is 9.51. The molecule has 10 heteroatoms. The number of halogens is 2. The summed E-state index contributed by atoms with van der Waals surface area (Å²) in [6.07, 6.45) is 0.223. The summed E-state index contributed by atoms with van der Waals surface area (Å²) in [6.45, 7) is 3.23. The van der Waals surface area contributed by atoms with E-state index in [9.17, 15) is 18.0 Å². The van der Waals surface area contributed by atoms with E-state index in [1.807, 2.05) is 68.4 Å². The molecule has 0 bridgehead atoms. The van der Waals surface area contributed by atoms with Crippen LogP contribution in [0.5, 0.6) is 0 Å². The van der Waals surface area contributed by atoms with Gasteiger partial charge in [0.25, 0.3) is 10.0 Å². The lowest BCUT2D eigenvalue weighted by molar-refractivity contribution is -0.139. The molecule has 4 aromatic rings.